The minimum atomic E-state index is -0.265. The Hall–Kier alpha value is -2.02. The lowest BCUT2D eigenvalue weighted by molar-refractivity contribution is -0.122. The van der Waals surface area contributed by atoms with Crippen LogP contribution in [0.1, 0.15) is 26.9 Å². The zero-order chi connectivity index (χ0) is 17.9. The van der Waals surface area contributed by atoms with Crippen LogP contribution in [0, 0.1) is 5.82 Å². The molecule has 0 spiro atoms. The third-order valence-electron chi connectivity index (χ3n) is 4.63. The number of nitrogens with zero attached hydrogens (tertiary/aromatic N) is 1. The van der Waals surface area contributed by atoms with Crippen molar-refractivity contribution in [1.82, 2.24) is 10.2 Å². The average molecular weight is 387 g/mol. The van der Waals surface area contributed by atoms with E-state index >= 15 is 0 Å². The summed E-state index contributed by atoms with van der Waals surface area (Å²) in [5.74, 6) is -0.270. The van der Waals surface area contributed by atoms with Crippen molar-refractivity contribution < 1.29 is 9.18 Å². The Balaban J connectivity index is 1.44. The van der Waals surface area contributed by atoms with Gasteiger partial charge in [0.05, 0.1) is 12.6 Å². The summed E-state index contributed by atoms with van der Waals surface area (Å²) in [6, 6.07) is 12.8. The van der Waals surface area contributed by atoms with E-state index in [0.717, 1.165) is 18.5 Å². The van der Waals surface area contributed by atoms with Crippen LogP contribution in [0.4, 0.5) is 4.39 Å². The zero-order valence-corrected chi connectivity index (χ0v) is 15.8. The number of nitrogens with one attached hydrogen (secondary N) is 1. The molecule has 0 saturated heterocycles. The number of rotatable bonds is 5. The summed E-state index contributed by atoms with van der Waals surface area (Å²) in [4.78, 5) is 17.4. The van der Waals surface area contributed by atoms with Crippen molar-refractivity contribution in [3.63, 3.8) is 0 Å². The molecule has 3 nitrogen and oxygen atoms in total. The van der Waals surface area contributed by atoms with E-state index in [1.165, 1.54) is 27.5 Å². The Bertz CT molecular complexity index is 874. The fourth-order valence-electron chi connectivity index (χ4n) is 3.36. The van der Waals surface area contributed by atoms with Crippen molar-refractivity contribution in [2.24, 2.45) is 0 Å². The van der Waals surface area contributed by atoms with Gasteiger partial charge >= 0.3 is 0 Å². The first-order valence-electron chi connectivity index (χ1n) is 8.55. The van der Waals surface area contributed by atoms with E-state index in [0.29, 0.717) is 13.1 Å². The largest absolute Gasteiger partial charge is 0.351 e. The van der Waals surface area contributed by atoms with Crippen molar-refractivity contribution in [2.75, 3.05) is 13.1 Å². The SMILES string of the molecule is O=C(CN1CCc2sccc2[C@H]1c1cccs1)NCc1ccc(F)cc1. The van der Waals surface area contributed by atoms with Crippen LogP contribution >= 0.6 is 22.7 Å². The Labute approximate surface area is 160 Å². The average Bonchev–Trinajstić information content (AvgIpc) is 3.33. The molecule has 3 aromatic rings. The van der Waals surface area contributed by atoms with Crippen molar-refractivity contribution in [3.8, 4) is 0 Å². The van der Waals surface area contributed by atoms with Gasteiger partial charge in [-0.15, -0.1) is 22.7 Å². The normalized spacial score (nSPS) is 17.0. The molecule has 134 valence electrons. The minimum Gasteiger partial charge on any atom is -0.351 e. The summed E-state index contributed by atoms with van der Waals surface area (Å²) in [5, 5.41) is 7.18. The molecule has 0 saturated carbocycles. The van der Waals surface area contributed by atoms with Gasteiger partial charge in [0.2, 0.25) is 5.91 Å². The van der Waals surface area contributed by atoms with Crippen LogP contribution < -0.4 is 5.32 Å². The van der Waals surface area contributed by atoms with E-state index in [-0.39, 0.29) is 17.8 Å². The quantitative estimate of drug-likeness (QED) is 0.712. The number of carbonyl (C=O) groups is 1. The fraction of sp³-hybridized carbons (Fsp3) is 0.250. The van der Waals surface area contributed by atoms with E-state index in [4.69, 9.17) is 0 Å². The summed E-state index contributed by atoms with van der Waals surface area (Å²) < 4.78 is 13.0. The van der Waals surface area contributed by atoms with Crippen molar-refractivity contribution >= 4 is 28.6 Å². The van der Waals surface area contributed by atoms with Crippen LogP contribution in [0.5, 0.6) is 0 Å². The molecule has 26 heavy (non-hydrogen) atoms. The second kappa shape index (κ2) is 7.70. The van der Waals surface area contributed by atoms with E-state index in [1.54, 1.807) is 34.8 Å². The molecule has 1 N–H and O–H groups in total. The summed E-state index contributed by atoms with van der Waals surface area (Å²) in [6.07, 6.45) is 0.986. The smallest absolute Gasteiger partial charge is 0.234 e. The Morgan fingerprint density at radius 1 is 1.15 bits per heavy atom. The second-order valence-corrected chi connectivity index (χ2v) is 8.32. The van der Waals surface area contributed by atoms with Gasteiger partial charge < -0.3 is 5.32 Å². The predicted octanol–water partition coefficient (Wildman–Crippen LogP) is 4.21. The van der Waals surface area contributed by atoms with Gasteiger partial charge in [0, 0.05) is 22.8 Å². The monoisotopic (exact) mass is 386 g/mol. The summed E-state index contributed by atoms with van der Waals surface area (Å²) in [5.41, 5.74) is 2.23. The number of hydrogen-bond acceptors (Lipinski definition) is 4. The van der Waals surface area contributed by atoms with E-state index in [2.05, 4.69) is 39.2 Å². The van der Waals surface area contributed by atoms with Crippen LogP contribution in [-0.2, 0) is 17.8 Å². The van der Waals surface area contributed by atoms with Gasteiger partial charge in [-0.1, -0.05) is 18.2 Å². The fourth-order valence-corrected chi connectivity index (χ4v) is 5.14. The summed E-state index contributed by atoms with van der Waals surface area (Å²) in [7, 11) is 0. The van der Waals surface area contributed by atoms with Crippen LogP contribution in [0.2, 0.25) is 0 Å². The second-order valence-electron chi connectivity index (χ2n) is 6.34. The summed E-state index contributed by atoms with van der Waals surface area (Å²) in [6.45, 7) is 1.65. The number of fused-ring (bicyclic) bond motifs is 1. The predicted molar refractivity (Wildman–Crippen MR) is 104 cm³/mol. The van der Waals surface area contributed by atoms with Gasteiger partial charge in [-0.05, 0) is 52.6 Å². The molecule has 0 unspecified atom stereocenters. The summed E-state index contributed by atoms with van der Waals surface area (Å²) >= 11 is 3.54. The lowest BCUT2D eigenvalue weighted by Crippen LogP contribution is -2.42. The highest BCUT2D eigenvalue weighted by Gasteiger charge is 2.31. The van der Waals surface area contributed by atoms with Gasteiger partial charge in [-0.25, -0.2) is 4.39 Å². The molecule has 3 heterocycles. The van der Waals surface area contributed by atoms with Crippen LogP contribution in [0.3, 0.4) is 0 Å². The molecule has 0 fully saturated rings. The maximum absolute atomic E-state index is 13.0. The molecule has 2 aromatic heterocycles. The molecule has 1 atom stereocenters. The molecular formula is C20H19FN2OS2. The number of benzene rings is 1. The van der Waals surface area contributed by atoms with Gasteiger partial charge in [0.1, 0.15) is 5.82 Å². The number of carbonyl (C=O) groups excluding carboxylic acids is 1. The van der Waals surface area contributed by atoms with Crippen molar-refractivity contribution in [1.29, 1.82) is 0 Å². The molecule has 0 aliphatic carbocycles. The zero-order valence-electron chi connectivity index (χ0n) is 14.2. The molecule has 1 aliphatic heterocycles. The first-order valence-corrected chi connectivity index (χ1v) is 10.3. The van der Waals surface area contributed by atoms with E-state index < -0.39 is 0 Å². The van der Waals surface area contributed by atoms with Gasteiger partial charge in [-0.3, -0.25) is 9.69 Å². The molecular weight excluding hydrogens is 367 g/mol. The Morgan fingerprint density at radius 2 is 2.00 bits per heavy atom. The highest BCUT2D eigenvalue weighted by atomic mass is 32.1. The molecule has 1 amide bonds. The molecule has 1 aliphatic rings. The Kier molecular flexibility index (Phi) is 5.15. The third kappa shape index (κ3) is 3.72. The first-order chi connectivity index (χ1) is 12.7. The number of amides is 1. The molecule has 0 bridgehead atoms. The third-order valence-corrected chi connectivity index (χ3v) is 6.55. The van der Waals surface area contributed by atoms with Gasteiger partial charge in [0.25, 0.3) is 0 Å². The van der Waals surface area contributed by atoms with Crippen molar-refractivity contribution in [2.45, 2.75) is 19.0 Å². The first kappa shape index (κ1) is 17.4. The number of hydrogen-bond donors (Lipinski definition) is 1. The van der Waals surface area contributed by atoms with Gasteiger partial charge in [-0.2, -0.15) is 0 Å². The van der Waals surface area contributed by atoms with Crippen molar-refractivity contribution in [3.05, 3.63) is 79.9 Å². The maximum atomic E-state index is 13.0. The highest BCUT2D eigenvalue weighted by molar-refractivity contribution is 7.10. The van der Waals surface area contributed by atoms with E-state index in [1.807, 2.05) is 0 Å². The van der Waals surface area contributed by atoms with E-state index in [9.17, 15) is 9.18 Å². The highest BCUT2D eigenvalue weighted by Crippen LogP contribution is 2.39. The van der Waals surface area contributed by atoms with Gasteiger partial charge in [0.15, 0.2) is 0 Å². The lowest BCUT2D eigenvalue weighted by atomic mass is 9.98. The van der Waals surface area contributed by atoms with Crippen LogP contribution in [0.25, 0.3) is 0 Å². The lowest BCUT2D eigenvalue weighted by Gasteiger charge is -2.34. The Morgan fingerprint density at radius 3 is 2.77 bits per heavy atom. The standard InChI is InChI=1S/C20H19FN2OS2/c21-15-5-3-14(4-6-15)12-22-19(24)13-23-9-7-17-16(8-11-26-17)20(23)18-2-1-10-25-18/h1-6,8,10-11,20H,7,9,12-13H2,(H,22,24)/t20-/m0/s1. The maximum Gasteiger partial charge on any atom is 0.234 e. The number of thiophene rings is 2. The van der Waals surface area contributed by atoms with Crippen LogP contribution in [-0.4, -0.2) is 23.9 Å². The molecule has 1 aromatic carbocycles. The molecule has 4 rings (SSSR count). The van der Waals surface area contributed by atoms with Crippen LogP contribution in [0.15, 0.2) is 53.2 Å². The molecule has 0 radical (unpaired) electrons. The number of halogens is 1. The molecule has 6 heteroatoms. The topological polar surface area (TPSA) is 32.3 Å². The minimum absolute atomic E-state index is 0.00504.